The molecule has 0 aromatic carbocycles. The minimum absolute atomic E-state index is 0.0250. The van der Waals surface area contributed by atoms with Crippen LogP contribution in [0.15, 0.2) is 0 Å². The van der Waals surface area contributed by atoms with Gasteiger partial charge in [-0.15, -0.1) is 0 Å². The minimum atomic E-state index is -0.0250. The van der Waals surface area contributed by atoms with Crippen molar-refractivity contribution >= 4 is 5.97 Å². The van der Waals surface area contributed by atoms with Gasteiger partial charge in [-0.05, 0) is 11.8 Å². The SMILES string of the molecule is CCCCCCCCCCCCCCCC(=O)OCC(C)(C)C. The predicted octanol–water partition coefficient (Wildman–Crippen LogP) is 7.06. The van der Waals surface area contributed by atoms with Crippen molar-refractivity contribution in [2.24, 2.45) is 5.41 Å². The lowest BCUT2D eigenvalue weighted by Crippen LogP contribution is -2.18. The molecule has 0 N–H and O–H groups in total. The van der Waals surface area contributed by atoms with Gasteiger partial charge in [-0.3, -0.25) is 4.79 Å². The van der Waals surface area contributed by atoms with E-state index in [0.717, 1.165) is 6.42 Å². The zero-order valence-corrected chi connectivity index (χ0v) is 16.4. The van der Waals surface area contributed by atoms with Crippen LogP contribution in [0.1, 0.15) is 118 Å². The van der Waals surface area contributed by atoms with E-state index >= 15 is 0 Å². The van der Waals surface area contributed by atoms with E-state index in [1.165, 1.54) is 77.0 Å². The smallest absolute Gasteiger partial charge is 0.305 e. The van der Waals surface area contributed by atoms with Crippen molar-refractivity contribution in [1.29, 1.82) is 0 Å². The van der Waals surface area contributed by atoms with Crippen LogP contribution in [0.4, 0.5) is 0 Å². The molecule has 0 radical (unpaired) electrons. The number of hydrogen-bond donors (Lipinski definition) is 0. The fourth-order valence-electron chi connectivity index (χ4n) is 2.66. The van der Waals surface area contributed by atoms with Crippen molar-refractivity contribution in [1.82, 2.24) is 0 Å². The van der Waals surface area contributed by atoms with Gasteiger partial charge < -0.3 is 4.74 Å². The summed E-state index contributed by atoms with van der Waals surface area (Å²) in [7, 11) is 0. The summed E-state index contributed by atoms with van der Waals surface area (Å²) in [6.07, 6.45) is 18.0. The first kappa shape index (κ1) is 22.5. The van der Waals surface area contributed by atoms with Gasteiger partial charge in [0.15, 0.2) is 0 Å². The average molecular weight is 327 g/mol. The monoisotopic (exact) mass is 326 g/mol. The summed E-state index contributed by atoms with van der Waals surface area (Å²) in [5, 5.41) is 0. The molecule has 2 heteroatoms. The first-order chi connectivity index (χ1) is 11.0. The molecular weight excluding hydrogens is 284 g/mol. The molecule has 0 fully saturated rings. The summed E-state index contributed by atoms with van der Waals surface area (Å²) in [4.78, 5) is 11.6. The van der Waals surface area contributed by atoms with Gasteiger partial charge in [0.2, 0.25) is 0 Å². The van der Waals surface area contributed by atoms with E-state index in [2.05, 4.69) is 27.7 Å². The van der Waals surface area contributed by atoms with Crippen LogP contribution in [-0.2, 0) is 9.53 Å². The number of esters is 1. The van der Waals surface area contributed by atoms with Crippen molar-refractivity contribution < 1.29 is 9.53 Å². The zero-order valence-electron chi connectivity index (χ0n) is 16.4. The Labute approximate surface area is 145 Å². The van der Waals surface area contributed by atoms with Gasteiger partial charge in [0.05, 0.1) is 6.61 Å². The zero-order chi connectivity index (χ0) is 17.4. The summed E-state index contributed by atoms with van der Waals surface area (Å²) in [5.41, 5.74) is 0.0751. The van der Waals surface area contributed by atoms with Crippen LogP contribution in [0.3, 0.4) is 0 Å². The van der Waals surface area contributed by atoms with Gasteiger partial charge in [-0.2, -0.15) is 0 Å². The van der Waals surface area contributed by atoms with E-state index in [9.17, 15) is 4.79 Å². The Balaban J connectivity index is 3.17. The molecule has 0 bridgehead atoms. The fraction of sp³-hybridized carbons (Fsp3) is 0.952. The largest absolute Gasteiger partial charge is 0.465 e. The van der Waals surface area contributed by atoms with Crippen molar-refractivity contribution in [2.75, 3.05) is 6.61 Å². The number of hydrogen-bond acceptors (Lipinski definition) is 2. The third kappa shape index (κ3) is 19.4. The Kier molecular flexibility index (Phi) is 14.7. The van der Waals surface area contributed by atoms with Gasteiger partial charge in [-0.25, -0.2) is 0 Å². The van der Waals surface area contributed by atoms with Gasteiger partial charge in [0.25, 0.3) is 0 Å². The topological polar surface area (TPSA) is 26.3 Å². The van der Waals surface area contributed by atoms with Gasteiger partial charge in [0, 0.05) is 6.42 Å². The molecule has 2 nitrogen and oxygen atoms in total. The van der Waals surface area contributed by atoms with E-state index in [0.29, 0.717) is 13.0 Å². The van der Waals surface area contributed by atoms with E-state index in [-0.39, 0.29) is 11.4 Å². The molecule has 0 heterocycles. The molecule has 0 aliphatic rings. The Morgan fingerprint density at radius 2 is 1.09 bits per heavy atom. The first-order valence-corrected chi connectivity index (χ1v) is 10.1. The highest BCUT2D eigenvalue weighted by Gasteiger charge is 2.13. The second kappa shape index (κ2) is 15.0. The minimum Gasteiger partial charge on any atom is -0.465 e. The van der Waals surface area contributed by atoms with Crippen molar-refractivity contribution in [3.8, 4) is 0 Å². The van der Waals surface area contributed by atoms with Crippen LogP contribution in [0.2, 0.25) is 0 Å². The molecule has 0 amide bonds. The molecular formula is C21H42O2. The molecule has 0 aliphatic heterocycles. The van der Waals surface area contributed by atoms with Crippen LogP contribution >= 0.6 is 0 Å². The predicted molar refractivity (Wildman–Crippen MR) is 101 cm³/mol. The molecule has 0 aromatic heterocycles. The summed E-state index contributed by atoms with van der Waals surface area (Å²) in [6.45, 7) is 9.07. The Bertz CT molecular complexity index is 266. The lowest BCUT2D eigenvalue weighted by molar-refractivity contribution is -0.146. The summed E-state index contributed by atoms with van der Waals surface area (Å²) < 4.78 is 5.27. The quantitative estimate of drug-likeness (QED) is 0.238. The second-order valence-corrected chi connectivity index (χ2v) is 8.21. The maximum atomic E-state index is 11.6. The number of rotatable bonds is 15. The van der Waals surface area contributed by atoms with E-state index in [4.69, 9.17) is 4.74 Å². The number of carbonyl (C=O) groups excluding carboxylic acids is 1. The van der Waals surface area contributed by atoms with Crippen LogP contribution in [-0.4, -0.2) is 12.6 Å². The molecule has 23 heavy (non-hydrogen) atoms. The average Bonchev–Trinajstić information content (AvgIpc) is 2.49. The van der Waals surface area contributed by atoms with E-state index < -0.39 is 0 Å². The van der Waals surface area contributed by atoms with E-state index in [1.807, 2.05) is 0 Å². The van der Waals surface area contributed by atoms with Crippen LogP contribution in [0, 0.1) is 5.41 Å². The molecule has 0 aliphatic carbocycles. The third-order valence-corrected chi connectivity index (χ3v) is 4.15. The van der Waals surface area contributed by atoms with Crippen LogP contribution in [0.5, 0.6) is 0 Å². The molecule has 0 aromatic rings. The summed E-state index contributed by atoms with van der Waals surface area (Å²) in [6, 6.07) is 0. The molecule has 0 rings (SSSR count). The summed E-state index contributed by atoms with van der Waals surface area (Å²) in [5.74, 6) is -0.0250. The Morgan fingerprint density at radius 3 is 1.48 bits per heavy atom. The number of unbranched alkanes of at least 4 members (excludes halogenated alkanes) is 12. The molecule has 0 unspecified atom stereocenters. The van der Waals surface area contributed by atoms with Gasteiger partial charge >= 0.3 is 5.97 Å². The van der Waals surface area contributed by atoms with Gasteiger partial charge in [-0.1, -0.05) is 105 Å². The standard InChI is InChI=1S/C21H42O2/c1-5-6-7-8-9-10-11-12-13-14-15-16-17-18-20(22)23-19-21(2,3)4/h5-19H2,1-4H3. The highest BCUT2D eigenvalue weighted by Crippen LogP contribution is 2.15. The maximum absolute atomic E-state index is 11.6. The first-order valence-electron chi connectivity index (χ1n) is 10.1. The number of ether oxygens (including phenoxy) is 1. The Morgan fingerprint density at radius 1 is 0.696 bits per heavy atom. The molecule has 0 spiro atoms. The molecule has 0 saturated heterocycles. The van der Waals surface area contributed by atoms with Crippen molar-refractivity contribution in [3.05, 3.63) is 0 Å². The van der Waals surface area contributed by atoms with Crippen LogP contribution in [0.25, 0.3) is 0 Å². The summed E-state index contributed by atoms with van der Waals surface area (Å²) >= 11 is 0. The lowest BCUT2D eigenvalue weighted by atomic mass is 9.99. The van der Waals surface area contributed by atoms with Crippen LogP contribution < -0.4 is 0 Å². The highest BCUT2D eigenvalue weighted by atomic mass is 16.5. The highest BCUT2D eigenvalue weighted by molar-refractivity contribution is 5.69. The normalized spacial score (nSPS) is 11.7. The fourth-order valence-corrected chi connectivity index (χ4v) is 2.66. The lowest BCUT2D eigenvalue weighted by Gasteiger charge is -2.17. The van der Waals surface area contributed by atoms with Gasteiger partial charge in [0.1, 0.15) is 0 Å². The maximum Gasteiger partial charge on any atom is 0.305 e. The third-order valence-electron chi connectivity index (χ3n) is 4.15. The van der Waals surface area contributed by atoms with E-state index in [1.54, 1.807) is 0 Å². The van der Waals surface area contributed by atoms with Crippen molar-refractivity contribution in [3.63, 3.8) is 0 Å². The molecule has 0 saturated carbocycles. The molecule has 0 atom stereocenters. The molecule has 138 valence electrons. The van der Waals surface area contributed by atoms with Crippen molar-refractivity contribution in [2.45, 2.75) is 118 Å². The second-order valence-electron chi connectivity index (χ2n) is 8.21. The Hall–Kier alpha value is -0.530. The number of carbonyl (C=O) groups is 1.